The summed E-state index contributed by atoms with van der Waals surface area (Å²) in [4.78, 5) is 14.8. The number of rotatable bonds is 5. The topological polar surface area (TPSA) is 54.1 Å². The van der Waals surface area contributed by atoms with E-state index in [0.29, 0.717) is 13.2 Å². The Morgan fingerprint density at radius 2 is 1.91 bits per heavy atom. The zero-order chi connectivity index (χ0) is 15.2. The third-order valence-corrected chi connectivity index (χ3v) is 3.51. The summed E-state index contributed by atoms with van der Waals surface area (Å²) in [5.74, 6) is 0. The normalized spacial score (nSPS) is 10.5. The highest BCUT2D eigenvalue weighted by Gasteiger charge is 2.03. The number of hydrogen-bond acceptors (Lipinski definition) is 2. The van der Waals surface area contributed by atoms with Crippen molar-refractivity contribution in [2.75, 3.05) is 6.54 Å². The molecule has 22 heavy (non-hydrogen) atoms. The molecule has 2 N–H and O–H groups in total. The Kier molecular flexibility index (Phi) is 4.39. The maximum atomic E-state index is 11.6. The number of aromatic amines is 1. The number of ether oxygens (including phenoxy) is 1. The highest BCUT2D eigenvalue weighted by Crippen LogP contribution is 2.14. The Morgan fingerprint density at radius 3 is 2.77 bits per heavy atom. The van der Waals surface area contributed by atoms with E-state index in [0.717, 1.165) is 17.5 Å². The Bertz CT molecular complexity index is 750. The van der Waals surface area contributed by atoms with Gasteiger partial charge in [0.1, 0.15) is 6.61 Å². The Morgan fingerprint density at radius 1 is 1.05 bits per heavy atom. The largest absolute Gasteiger partial charge is 0.445 e. The van der Waals surface area contributed by atoms with Gasteiger partial charge in [0.25, 0.3) is 0 Å². The van der Waals surface area contributed by atoms with E-state index < -0.39 is 0 Å². The lowest BCUT2D eigenvalue weighted by molar-refractivity contribution is 0.140. The first-order chi connectivity index (χ1) is 10.8. The predicted octanol–water partition coefficient (Wildman–Crippen LogP) is 3.64. The Labute approximate surface area is 129 Å². The molecule has 3 aromatic rings. The van der Waals surface area contributed by atoms with Crippen LogP contribution in [-0.2, 0) is 17.8 Å². The fourth-order valence-electron chi connectivity index (χ4n) is 2.34. The molecule has 0 aliphatic heterocycles. The fourth-order valence-corrected chi connectivity index (χ4v) is 2.34. The molecular formula is C18H18N2O2. The number of alkyl carbamates (subject to hydrolysis) is 1. The summed E-state index contributed by atoms with van der Waals surface area (Å²) < 4.78 is 5.17. The van der Waals surface area contributed by atoms with Crippen LogP contribution in [0.2, 0.25) is 0 Å². The van der Waals surface area contributed by atoms with Crippen LogP contribution in [0.4, 0.5) is 4.79 Å². The molecule has 4 heteroatoms. The van der Waals surface area contributed by atoms with Gasteiger partial charge in [0.05, 0.1) is 0 Å². The molecule has 0 bridgehead atoms. The highest BCUT2D eigenvalue weighted by atomic mass is 16.5. The van der Waals surface area contributed by atoms with Crippen molar-refractivity contribution in [1.82, 2.24) is 10.3 Å². The number of aromatic nitrogens is 1. The van der Waals surface area contributed by atoms with Crippen LogP contribution in [0.3, 0.4) is 0 Å². The summed E-state index contributed by atoms with van der Waals surface area (Å²) >= 11 is 0. The molecular weight excluding hydrogens is 276 g/mol. The van der Waals surface area contributed by atoms with Crippen molar-refractivity contribution in [3.63, 3.8) is 0 Å². The van der Waals surface area contributed by atoms with Crippen LogP contribution in [0.25, 0.3) is 10.9 Å². The quantitative estimate of drug-likeness (QED) is 0.755. The SMILES string of the molecule is O=C(NCCc1ccc2[nH]ccc2c1)OCc1ccccc1. The lowest BCUT2D eigenvalue weighted by atomic mass is 10.1. The monoisotopic (exact) mass is 294 g/mol. The maximum Gasteiger partial charge on any atom is 0.407 e. The average molecular weight is 294 g/mol. The van der Waals surface area contributed by atoms with Gasteiger partial charge < -0.3 is 15.0 Å². The summed E-state index contributed by atoms with van der Waals surface area (Å²) in [5, 5.41) is 3.96. The predicted molar refractivity (Wildman–Crippen MR) is 86.6 cm³/mol. The van der Waals surface area contributed by atoms with Crippen molar-refractivity contribution in [2.24, 2.45) is 0 Å². The van der Waals surface area contributed by atoms with Crippen molar-refractivity contribution in [3.05, 3.63) is 71.9 Å². The van der Waals surface area contributed by atoms with E-state index in [-0.39, 0.29) is 6.09 Å². The molecule has 1 heterocycles. The molecule has 1 aromatic heterocycles. The first kappa shape index (κ1) is 14.2. The van der Waals surface area contributed by atoms with E-state index in [9.17, 15) is 4.79 Å². The van der Waals surface area contributed by atoms with Crippen molar-refractivity contribution in [1.29, 1.82) is 0 Å². The van der Waals surface area contributed by atoms with Gasteiger partial charge in [-0.15, -0.1) is 0 Å². The van der Waals surface area contributed by atoms with Crippen LogP contribution in [0.5, 0.6) is 0 Å². The van der Waals surface area contributed by atoms with E-state index in [1.54, 1.807) is 0 Å². The summed E-state index contributed by atoms with van der Waals surface area (Å²) in [5.41, 5.74) is 3.30. The van der Waals surface area contributed by atoms with Gasteiger partial charge in [0.2, 0.25) is 0 Å². The molecule has 0 fully saturated rings. The first-order valence-corrected chi connectivity index (χ1v) is 7.32. The Hall–Kier alpha value is -2.75. The smallest absolute Gasteiger partial charge is 0.407 e. The van der Waals surface area contributed by atoms with Gasteiger partial charge in [-0.05, 0) is 41.1 Å². The van der Waals surface area contributed by atoms with E-state index >= 15 is 0 Å². The number of fused-ring (bicyclic) bond motifs is 1. The number of benzene rings is 2. The van der Waals surface area contributed by atoms with Crippen LogP contribution in [-0.4, -0.2) is 17.6 Å². The number of H-pyrrole nitrogens is 1. The van der Waals surface area contributed by atoms with Crippen molar-refractivity contribution in [3.8, 4) is 0 Å². The van der Waals surface area contributed by atoms with Gasteiger partial charge in [-0.1, -0.05) is 36.4 Å². The van der Waals surface area contributed by atoms with Gasteiger partial charge >= 0.3 is 6.09 Å². The molecule has 0 spiro atoms. The maximum absolute atomic E-state index is 11.6. The minimum absolute atomic E-state index is 0.294. The number of nitrogens with one attached hydrogen (secondary N) is 2. The lowest BCUT2D eigenvalue weighted by Gasteiger charge is -2.07. The average Bonchev–Trinajstić information content (AvgIpc) is 3.02. The van der Waals surface area contributed by atoms with Crippen molar-refractivity contribution < 1.29 is 9.53 Å². The van der Waals surface area contributed by atoms with Gasteiger partial charge in [-0.25, -0.2) is 4.79 Å². The second-order valence-corrected chi connectivity index (χ2v) is 5.14. The van der Waals surface area contributed by atoms with E-state index in [1.165, 1.54) is 10.9 Å². The van der Waals surface area contributed by atoms with Crippen LogP contribution < -0.4 is 5.32 Å². The van der Waals surface area contributed by atoms with Crippen LogP contribution in [0, 0.1) is 0 Å². The molecule has 4 nitrogen and oxygen atoms in total. The molecule has 0 aliphatic carbocycles. The van der Waals surface area contributed by atoms with Gasteiger partial charge in [0, 0.05) is 18.3 Å². The lowest BCUT2D eigenvalue weighted by Crippen LogP contribution is -2.26. The minimum atomic E-state index is -0.383. The highest BCUT2D eigenvalue weighted by molar-refractivity contribution is 5.79. The van der Waals surface area contributed by atoms with Crippen LogP contribution >= 0.6 is 0 Å². The Balaban J connectivity index is 1.43. The fraction of sp³-hybridized carbons (Fsp3) is 0.167. The summed E-state index contributed by atoms with van der Waals surface area (Å²) in [7, 11) is 0. The second kappa shape index (κ2) is 6.80. The van der Waals surface area contributed by atoms with Gasteiger partial charge in [0.15, 0.2) is 0 Å². The molecule has 2 aromatic carbocycles. The van der Waals surface area contributed by atoms with Crippen LogP contribution in [0.1, 0.15) is 11.1 Å². The molecule has 0 saturated carbocycles. The van der Waals surface area contributed by atoms with Crippen molar-refractivity contribution in [2.45, 2.75) is 13.0 Å². The zero-order valence-corrected chi connectivity index (χ0v) is 12.2. The van der Waals surface area contributed by atoms with Crippen molar-refractivity contribution >= 4 is 17.0 Å². The molecule has 0 radical (unpaired) electrons. The molecule has 1 amide bonds. The number of carbonyl (C=O) groups excluding carboxylic acids is 1. The van der Waals surface area contributed by atoms with E-state index in [1.807, 2.05) is 42.6 Å². The molecule has 0 atom stereocenters. The second-order valence-electron chi connectivity index (χ2n) is 5.14. The standard InChI is InChI=1S/C18H18N2O2/c21-18(22-13-15-4-2-1-3-5-15)20-10-8-14-6-7-17-16(12-14)9-11-19-17/h1-7,9,11-12,19H,8,10,13H2,(H,20,21). The molecule has 3 rings (SSSR count). The molecule has 0 saturated heterocycles. The molecule has 0 unspecified atom stereocenters. The van der Waals surface area contributed by atoms with Crippen LogP contribution in [0.15, 0.2) is 60.8 Å². The number of carbonyl (C=O) groups is 1. The first-order valence-electron chi connectivity index (χ1n) is 7.32. The van der Waals surface area contributed by atoms with Gasteiger partial charge in [-0.3, -0.25) is 0 Å². The third kappa shape index (κ3) is 3.67. The summed E-state index contributed by atoms with van der Waals surface area (Å²) in [6.07, 6.45) is 2.32. The summed E-state index contributed by atoms with van der Waals surface area (Å²) in [6.45, 7) is 0.853. The third-order valence-electron chi connectivity index (χ3n) is 3.51. The van der Waals surface area contributed by atoms with E-state index in [4.69, 9.17) is 4.74 Å². The molecule has 112 valence electrons. The number of hydrogen-bond donors (Lipinski definition) is 2. The summed E-state index contributed by atoms with van der Waals surface area (Å²) in [6, 6.07) is 17.9. The number of amides is 1. The van der Waals surface area contributed by atoms with E-state index in [2.05, 4.69) is 28.5 Å². The molecule has 0 aliphatic rings. The van der Waals surface area contributed by atoms with Gasteiger partial charge in [-0.2, -0.15) is 0 Å². The zero-order valence-electron chi connectivity index (χ0n) is 12.2. The minimum Gasteiger partial charge on any atom is -0.445 e.